The van der Waals surface area contributed by atoms with Crippen molar-refractivity contribution in [3.8, 4) is 6.07 Å². The fraction of sp³-hybridized carbons (Fsp3) is 0.611. The van der Waals surface area contributed by atoms with E-state index in [4.69, 9.17) is 5.26 Å². The molecule has 0 radical (unpaired) electrons. The summed E-state index contributed by atoms with van der Waals surface area (Å²) in [7, 11) is 0. The summed E-state index contributed by atoms with van der Waals surface area (Å²) in [6.45, 7) is 3.80. The molecule has 0 atom stereocenters. The molecule has 1 aliphatic carbocycles. The highest BCUT2D eigenvalue weighted by atomic mass is 16.3. The normalized spacial score (nSPS) is 16.4. The summed E-state index contributed by atoms with van der Waals surface area (Å²) in [5.74, 6) is -0.127. The van der Waals surface area contributed by atoms with Gasteiger partial charge in [0.1, 0.15) is 11.6 Å². The molecule has 1 aromatic rings. The molecule has 0 aliphatic heterocycles. The topological polar surface area (TPSA) is 106 Å². The molecule has 1 saturated carbocycles. The van der Waals surface area contributed by atoms with Crippen LogP contribution in [0.1, 0.15) is 60.9 Å². The van der Waals surface area contributed by atoms with Crippen LogP contribution in [0, 0.1) is 25.2 Å². The number of nitrogens with zero attached hydrogens (tertiary/aromatic N) is 1. The number of rotatable bonds is 5. The van der Waals surface area contributed by atoms with Crippen molar-refractivity contribution in [3.63, 3.8) is 0 Å². The van der Waals surface area contributed by atoms with Crippen LogP contribution in [-0.2, 0) is 11.2 Å². The summed E-state index contributed by atoms with van der Waals surface area (Å²) in [5.41, 5.74) is 1.10. The number of amides is 1. The van der Waals surface area contributed by atoms with Crippen LogP contribution >= 0.6 is 0 Å². The lowest BCUT2D eigenvalue weighted by Crippen LogP contribution is -2.44. The number of pyridine rings is 1. The van der Waals surface area contributed by atoms with Crippen molar-refractivity contribution in [2.24, 2.45) is 0 Å². The zero-order chi connectivity index (χ0) is 17.7. The lowest BCUT2D eigenvalue weighted by Gasteiger charge is -2.32. The van der Waals surface area contributed by atoms with Gasteiger partial charge in [-0.1, -0.05) is 19.3 Å². The minimum atomic E-state index is -0.772. The highest BCUT2D eigenvalue weighted by Gasteiger charge is 2.29. The SMILES string of the molecule is Cc1[nH]c(=O)c(C#N)c(C)c1CCC(=O)NCC1(O)CCCCC1. The second-order valence-corrected chi connectivity index (χ2v) is 6.73. The van der Waals surface area contributed by atoms with Gasteiger partial charge >= 0.3 is 0 Å². The van der Waals surface area contributed by atoms with Crippen molar-refractivity contribution in [1.29, 1.82) is 5.26 Å². The minimum Gasteiger partial charge on any atom is -0.388 e. The van der Waals surface area contributed by atoms with E-state index in [2.05, 4.69) is 10.3 Å². The van der Waals surface area contributed by atoms with Crippen molar-refractivity contribution in [2.75, 3.05) is 6.54 Å². The Morgan fingerprint density at radius 1 is 1.33 bits per heavy atom. The van der Waals surface area contributed by atoms with E-state index in [0.29, 0.717) is 24.2 Å². The molecule has 6 heteroatoms. The number of nitriles is 1. The fourth-order valence-corrected chi connectivity index (χ4v) is 3.40. The number of aromatic nitrogens is 1. The van der Waals surface area contributed by atoms with Crippen molar-refractivity contribution in [1.82, 2.24) is 10.3 Å². The van der Waals surface area contributed by atoms with Crippen molar-refractivity contribution >= 4 is 5.91 Å². The smallest absolute Gasteiger partial charge is 0.266 e. The van der Waals surface area contributed by atoms with Gasteiger partial charge in [0, 0.05) is 18.7 Å². The molecular formula is C18H25N3O3. The summed E-state index contributed by atoms with van der Waals surface area (Å²) >= 11 is 0. The maximum absolute atomic E-state index is 12.1. The molecule has 0 saturated heterocycles. The van der Waals surface area contributed by atoms with E-state index >= 15 is 0 Å². The standard InChI is InChI=1S/C18H25N3O3/c1-12-14(13(2)21-17(23)15(12)10-19)6-7-16(22)20-11-18(24)8-4-3-5-9-18/h24H,3-9,11H2,1-2H3,(H,20,22)(H,21,23). The molecule has 6 nitrogen and oxygen atoms in total. The zero-order valence-electron chi connectivity index (χ0n) is 14.4. The van der Waals surface area contributed by atoms with Gasteiger partial charge in [0.2, 0.25) is 5.91 Å². The molecule has 1 heterocycles. The van der Waals surface area contributed by atoms with E-state index in [1.54, 1.807) is 13.8 Å². The van der Waals surface area contributed by atoms with Crippen molar-refractivity contribution in [3.05, 3.63) is 32.7 Å². The Balaban J connectivity index is 1.95. The molecule has 2 rings (SSSR count). The molecule has 1 aliphatic rings. The van der Waals surface area contributed by atoms with E-state index < -0.39 is 5.60 Å². The molecule has 1 aromatic heterocycles. The second-order valence-electron chi connectivity index (χ2n) is 6.73. The Morgan fingerprint density at radius 2 is 2.00 bits per heavy atom. The summed E-state index contributed by atoms with van der Waals surface area (Å²) in [6.07, 6.45) is 5.32. The molecule has 3 N–H and O–H groups in total. The Hall–Kier alpha value is -2.13. The fourth-order valence-electron chi connectivity index (χ4n) is 3.40. The molecular weight excluding hydrogens is 306 g/mol. The number of carbonyl (C=O) groups is 1. The molecule has 1 fully saturated rings. The maximum Gasteiger partial charge on any atom is 0.266 e. The molecule has 0 bridgehead atoms. The van der Waals surface area contributed by atoms with Crippen LogP contribution in [0.25, 0.3) is 0 Å². The van der Waals surface area contributed by atoms with Gasteiger partial charge < -0.3 is 15.4 Å². The number of nitrogens with one attached hydrogen (secondary N) is 2. The van der Waals surface area contributed by atoms with Crippen molar-refractivity contribution < 1.29 is 9.90 Å². The van der Waals surface area contributed by atoms with Gasteiger partial charge in [-0.2, -0.15) is 5.26 Å². The van der Waals surface area contributed by atoms with Crippen LogP contribution in [0.5, 0.6) is 0 Å². The number of H-pyrrole nitrogens is 1. The second kappa shape index (κ2) is 7.63. The minimum absolute atomic E-state index is 0.104. The van der Waals surface area contributed by atoms with E-state index in [1.165, 1.54) is 0 Å². The average Bonchev–Trinajstić information content (AvgIpc) is 2.53. The molecule has 0 spiro atoms. The highest BCUT2D eigenvalue weighted by Crippen LogP contribution is 2.27. The van der Waals surface area contributed by atoms with Crippen LogP contribution in [0.3, 0.4) is 0 Å². The largest absolute Gasteiger partial charge is 0.388 e. The highest BCUT2D eigenvalue weighted by molar-refractivity contribution is 5.76. The van der Waals surface area contributed by atoms with E-state index in [9.17, 15) is 14.7 Å². The number of aromatic amines is 1. The van der Waals surface area contributed by atoms with E-state index in [1.807, 2.05) is 6.07 Å². The number of hydrogen-bond acceptors (Lipinski definition) is 4. The summed E-state index contributed by atoms with van der Waals surface area (Å²) in [5, 5.41) is 22.3. The first-order valence-electron chi connectivity index (χ1n) is 8.48. The third-order valence-electron chi connectivity index (χ3n) is 4.92. The third-order valence-corrected chi connectivity index (χ3v) is 4.92. The number of hydrogen-bond donors (Lipinski definition) is 3. The van der Waals surface area contributed by atoms with E-state index in [0.717, 1.165) is 37.7 Å². The van der Waals surface area contributed by atoms with Crippen molar-refractivity contribution in [2.45, 2.75) is 64.4 Å². The number of aryl methyl sites for hydroxylation is 1. The summed E-state index contributed by atoms with van der Waals surface area (Å²) in [4.78, 5) is 26.5. The van der Waals surface area contributed by atoms with Gasteiger partial charge in [-0.25, -0.2) is 0 Å². The Morgan fingerprint density at radius 3 is 2.62 bits per heavy atom. The van der Waals surface area contributed by atoms with Gasteiger partial charge in [-0.15, -0.1) is 0 Å². The molecule has 130 valence electrons. The predicted molar refractivity (Wildman–Crippen MR) is 90.6 cm³/mol. The number of carbonyl (C=O) groups excluding carboxylic acids is 1. The van der Waals surface area contributed by atoms with Crippen LogP contribution in [-0.4, -0.2) is 28.1 Å². The Labute approximate surface area is 141 Å². The van der Waals surface area contributed by atoms with Crippen LogP contribution in [0.15, 0.2) is 4.79 Å². The first-order valence-corrected chi connectivity index (χ1v) is 8.48. The zero-order valence-corrected chi connectivity index (χ0v) is 14.4. The van der Waals surface area contributed by atoms with Gasteiger partial charge in [0.15, 0.2) is 0 Å². The van der Waals surface area contributed by atoms with E-state index in [-0.39, 0.29) is 23.5 Å². The van der Waals surface area contributed by atoms with Gasteiger partial charge in [-0.05, 0) is 44.2 Å². The summed E-state index contributed by atoms with van der Waals surface area (Å²) < 4.78 is 0. The lowest BCUT2D eigenvalue weighted by molar-refractivity contribution is -0.122. The van der Waals surface area contributed by atoms with Crippen LogP contribution in [0.4, 0.5) is 0 Å². The third kappa shape index (κ3) is 4.24. The van der Waals surface area contributed by atoms with Gasteiger partial charge in [0.05, 0.1) is 5.60 Å². The average molecular weight is 331 g/mol. The number of aliphatic hydroxyl groups is 1. The quantitative estimate of drug-likeness (QED) is 0.762. The maximum atomic E-state index is 12.1. The monoisotopic (exact) mass is 331 g/mol. The Bertz CT molecular complexity index is 709. The summed E-state index contributed by atoms with van der Waals surface area (Å²) in [6, 6.07) is 1.91. The first kappa shape index (κ1) is 18.2. The lowest BCUT2D eigenvalue weighted by atomic mass is 9.85. The molecule has 1 amide bonds. The van der Waals surface area contributed by atoms with Gasteiger partial charge in [0.25, 0.3) is 5.56 Å². The Kier molecular flexibility index (Phi) is 5.79. The predicted octanol–water partition coefficient (Wildman–Crippen LogP) is 1.61. The van der Waals surface area contributed by atoms with Gasteiger partial charge in [-0.3, -0.25) is 9.59 Å². The molecule has 24 heavy (non-hydrogen) atoms. The first-order chi connectivity index (χ1) is 11.4. The van der Waals surface area contributed by atoms with Crippen LogP contribution in [0.2, 0.25) is 0 Å². The van der Waals surface area contributed by atoms with Crippen LogP contribution < -0.4 is 10.9 Å². The molecule has 0 aromatic carbocycles. The molecule has 0 unspecified atom stereocenters.